The molecule has 5 nitrogen and oxygen atoms in total. The second kappa shape index (κ2) is 7.97. The van der Waals surface area contributed by atoms with Gasteiger partial charge in [-0.15, -0.1) is 0 Å². The first-order valence-electron chi connectivity index (χ1n) is 9.10. The Kier molecular flexibility index (Phi) is 5.77. The van der Waals surface area contributed by atoms with Crippen molar-refractivity contribution >= 4 is 19.0 Å². The maximum atomic E-state index is 12.9. The maximum Gasteiger partial charge on any atom is 0.451 e. The molecule has 152 valence electrons. The maximum absolute atomic E-state index is 12.9. The van der Waals surface area contributed by atoms with E-state index in [4.69, 9.17) is 4.74 Å². The molecule has 0 saturated carbocycles. The Morgan fingerprint density at radius 1 is 1.21 bits per heavy atom. The highest BCUT2D eigenvalue weighted by molar-refractivity contribution is 6.76. The number of nitrogens with zero attached hydrogens (tertiary/aromatic N) is 4. The van der Waals surface area contributed by atoms with Crippen LogP contribution in [0.1, 0.15) is 11.4 Å². The molecule has 0 atom stereocenters. The summed E-state index contributed by atoms with van der Waals surface area (Å²) >= 11 is 0. The van der Waals surface area contributed by atoms with E-state index in [-0.39, 0.29) is 11.3 Å². The lowest BCUT2D eigenvalue weighted by Crippen LogP contribution is -2.21. The predicted molar refractivity (Wildman–Crippen MR) is 107 cm³/mol. The minimum atomic E-state index is -4.65. The summed E-state index contributed by atoms with van der Waals surface area (Å²) in [6.45, 7) is 7.85. The molecule has 0 amide bonds. The van der Waals surface area contributed by atoms with Gasteiger partial charge in [-0.05, 0) is 30.3 Å². The predicted octanol–water partition coefficient (Wildman–Crippen LogP) is 5.30. The molecule has 0 aliphatic rings. The summed E-state index contributed by atoms with van der Waals surface area (Å²) in [4.78, 5) is 6.89. The first-order valence-corrected chi connectivity index (χ1v) is 12.8. The van der Waals surface area contributed by atoms with Gasteiger partial charge in [0.2, 0.25) is 5.82 Å². The highest BCUT2D eigenvalue weighted by atomic mass is 28.3. The summed E-state index contributed by atoms with van der Waals surface area (Å²) in [5.74, 6) is -1.23. The van der Waals surface area contributed by atoms with Gasteiger partial charge in [0.15, 0.2) is 0 Å². The van der Waals surface area contributed by atoms with Crippen molar-refractivity contribution in [3.8, 4) is 17.3 Å². The lowest BCUT2D eigenvalue weighted by Gasteiger charge is -2.16. The molecule has 3 aromatic rings. The Bertz CT molecular complexity index is 1060. The van der Waals surface area contributed by atoms with E-state index < -0.39 is 20.1 Å². The highest BCUT2D eigenvalue weighted by Crippen LogP contribution is 2.31. The molecule has 2 aromatic heterocycles. The van der Waals surface area contributed by atoms with Gasteiger partial charge in [0.05, 0.1) is 22.8 Å². The second-order valence-corrected chi connectivity index (χ2v) is 13.6. The summed E-state index contributed by atoms with van der Waals surface area (Å²) < 4.78 is 46.5. The fourth-order valence-electron chi connectivity index (χ4n) is 2.84. The lowest BCUT2D eigenvalue weighted by molar-refractivity contribution is -0.144. The molecular weight excluding hydrogens is 397 g/mol. The minimum absolute atomic E-state index is 0.0601. The molecule has 0 bridgehead atoms. The second-order valence-electron chi connectivity index (χ2n) is 7.97. The Morgan fingerprint density at radius 2 is 1.97 bits per heavy atom. The first-order chi connectivity index (χ1) is 13.6. The van der Waals surface area contributed by atoms with Crippen LogP contribution >= 0.6 is 0 Å². The van der Waals surface area contributed by atoms with Crippen molar-refractivity contribution in [2.75, 3.05) is 6.61 Å². The fraction of sp³-hybridized carbons (Fsp3) is 0.350. The van der Waals surface area contributed by atoms with Gasteiger partial charge in [-0.3, -0.25) is 0 Å². The third-order valence-electron chi connectivity index (χ3n) is 4.44. The zero-order chi connectivity index (χ0) is 21.2. The Labute approximate surface area is 167 Å². The average molecular weight is 418 g/mol. The average Bonchev–Trinajstić information content (AvgIpc) is 3.05. The lowest BCUT2D eigenvalue weighted by atomic mass is 10.0. The first kappa shape index (κ1) is 21.0. The molecule has 0 N–H and O–H groups in total. The standard InChI is InChI=1S/C20H21F3N4OSi/c1-29(2,3)9-8-28-13-27-7-5-14-10-16(15(12-24)11-18(14)27)17-4-6-25-19(26-17)20(21,22)23/h4-7,10-11H,8-9,13H2,1-3H3. The summed E-state index contributed by atoms with van der Waals surface area (Å²) in [5.41, 5.74) is 1.42. The number of hydrogen-bond acceptors (Lipinski definition) is 4. The number of hydrogen-bond donors (Lipinski definition) is 0. The van der Waals surface area contributed by atoms with E-state index in [0.717, 1.165) is 23.1 Å². The summed E-state index contributed by atoms with van der Waals surface area (Å²) in [6, 6.07) is 9.65. The van der Waals surface area contributed by atoms with E-state index in [2.05, 4.69) is 35.7 Å². The number of halogens is 3. The number of ether oxygens (including phenoxy) is 1. The van der Waals surface area contributed by atoms with Crippen LogP contribution in [0, 0.1) is 11.3 Å². The van der Waals surface area contributed by atoms with E-state index in [1.807, 2.05) is 16.8 Å². The van der Waals surface area contributed by atoms with Crippen LogP contribution in [0.3, 0.4) is 0 Å². The van der Waals surface area contributed by atoms with Gasteiger partial charge in [-0.1, -0.05) is 19.6 Å². The zero-order valence-electron chi connectivity index (χ0n) is 16.4. The molecule has 1 aromatic carbocycles. The van der Waals surface area contributed by atoms with Gasteiger partial charge in [-0.25, -0.2) is 9.97 Å². The molecule has 0 spiro atoms. The zero-order valence-corrected chi connectivity index (χ0v) is 17.4. The van der Waals surface area contributed by atoms with Crippen molar-refractivity contribution in [2.45, 2.75) is 38.6 Å². The monoisotopic (exact) mass is 418 g/mol. The van der Waals surface area contributed by atoms with Crippen molar-refractivity contribution in [2.24, 2.45) is 0 Å². The van der Waals surface area contributed by atoms with E-state index in [9.17, 15) is 18.4 Å². The number of fused-ring (bicyclic) bond motifs is 1. The van der Waals surface area contributed by atoms with E-state index >= 15 is 0 Å². The van der Waals surface area contributed by atoms with Crippen molar-refractivity contribution in [1.29, 1.82) is 5.26 Å². The number of aromatic nitrogens is 3. The van der Waals surface area contributed by atoms with Crippen LogP contribution in [0.2, 0.25) is 25.7 Å². The molecule has 0 fully saturated rings. The van der Waals surface area contributed by atoms with E-state index in [1.165, 1.54) is 6.07 Å². The van der Waals surface area contributed by atoms with Gasteiger partial charge in [0.25, 0.3) is 0 Å². The van der Waals surface area contributed by atoms with Crippen molar-refractivity contribution in [3.63, 3.8) is 0 Å². The summed E-state index contributed by atoms with van der Waals surface area (Å²) in [6.07, 6.45) is -1.76. The fourth-order valence-corrected chi connectivity index (χ4v) is 3.60. The van der Waals surface area contributed by atoms with E-state index in [1.54, 1.807) is 12.1 Å². The number of rotatable bonds is 6. The molecule has 0 aliphatic carbocycles. The summed E-state index contributed by atoms with van der Waals surface area (Å²) in [7, 11) is -1.18. The van der Waals surface area contributed by atoms with Gasteiger partial charge >= 0.3 is 6.18 Å². The highest BCUT2D eigenvalue weighted by Gasteiger charge is 2.34. The molecule has 0 radical (unpaired) electrons. The molecule has 0 unspecified atom stereocenters. The topological polar surface area (TPSA) is 63.7 Å². The van der Waals surface area contributed by atoms with Gasteiger partial charge in [-0.2, -0.15) is 18.4 Å². The number of alkyl halides is 3. The number of benzene rings is 1. The van der Waals surface area contributed by atoms with Crippen molar-refractivity contribution < 1.29 is 17.9 Å². The summed E-state index contributed by atoms with van der Waals surface area (Å²) in [5, 5.41) is 10.3. The van der Waals surface area contributed by atoms with Crippen LogP contribution in [0.5, 0.6) is 0 Å². The minimum Gasteiger partial charge on any atom is -0.361 e. The van der Waals surface area contributed by atoms with Gasteiger partial charge in [0.1, 0.15) is 6.73 Å². The van der Waals surface area contributed by atoms with Crippen LogP contribution in [-0.2, 0) is 17.6 Å². The molecule has 0 saturated heterocycles. The van der Waals surface area contributed by atoms with Crippen LogP contribution < -0.4 is 0 Å². The third-order valence-corrected chi connectivity index (χ3v) is 6.15. The SMILES string of the molecule is C[Si](C)(C)CCOCn1ccc2cc(-c3ccnc(C(F)(F)F)n3)c(C#N)cc21. The Hall–Kier alpha value is -2.70. The Balaban J connectivity index is 1.91. The smallest absolute Gasteiger partial charge is 0.361 e. The molecule has 2 heterocycles. The van der Waals surface area contributed by atoms with Gasteiger partial charge in [0, 0.05) is 38.0 Å². The molecule has 3 rings (SSSR count). The Morgan fingerprint density at radius 3 is 2.62 bits per heavy atom. The van der Waals surface area contributed by atoms with Crippen LogP contribution in [0.25, 0.3) is 22.2 Å². The molecular formula is C20H21F3N4OSi. The third kappa shape index (κ3) is 5.02. The molecule has 0 aliphatic heterocycles. The van der Waals surface area contributed by atoms with Crippen LogP contribution in [-0.4, -0.2) is 29.2 Å². The molecule has 29 heavy (non-hydrogen) atoms. The van der Waals surface area contributed by atoms with Crippen LogP contribution in [0.15, 0.2) is 36.7 Å². The van der Waals surface area contributed by atoms with Crippen molar-refractivity contribution in [3.05, 3.63) is 48.0 Å². The van der Waals surface area contributed by atoms with Crippen LogP contribution in [0.4, 0.5) is 13.2 Å². The largest absolute Gasteiger partial charge is 0.451 e. The van der Waals surface area contributed by atoms with Crippen molar-refractivity contribution in [1.82, 2.24) is 14.5 Å². The van der Waals surface area contributed by atoms with Gasteiger partial charge < -0.3 is 9.30 Å². The quantitative estimate of drug-likeness (QED) is 0.402. The normalized spacial score (nSPS) is 12.3. The van der Waals surface area contributed by atoms with E-state index in [0.29, 0.717) is 18.9 Å². The number of nitriles is 1. The molecule has 9 heteroatoms.